The van der Waals surface area contributed by atoms with E-state index in [4.69, 9.17) is 4.98 Å². The van der Waals surface area contributed by atoms with E-state index in [1.165, 1.54) is 0 Å². The van der Waals surface area contributed by atoms with Crippen LogP contribution in [0.5, 0.6) is 5.75 Å². The van der Waals surface area contributed by atoms with Gasteiger partial charge in [-0.05, 0) is 51.5 Å². The van der Waals surface area contributed by atoms with E-state index >= 15 is 0 Å². The largest absolute Gasteiger partial charge is 0.507 e. The molecule has 2 N–H and O–H groups in total. The number of aryl methyl sites for hydroxylation is 1. The number of aromatic nitrogens is 4. The Balaban J connectivity index is 1.43. The Morgan fingerprint density at radius 1 is 1.10 bits per heavy atom. The number of aromatic hydroxyl groups is 1. The molecule has 0 saturated carbocycles. The lowest BCUT2D eigenvalue weighted by Crippen LogP contribution is -2.44. The molecule has 1 aromatic carbocycles. The van der Waals surface area contributed by atoms with Crippen molar-refractivity contribution >= 4 is 27.6 Å². The summed E-state index contributed by atoms with van der Waals surface area (Å²) in [5, 5.41) is 20.5. The van der Waals surface area contributed by atoms with Crippen LogP contribution < -0.4 is 10.2 Å². The summed E-state index contributed by atoms with van der Waals surface area (Å²) in [6.07, 6.45) is 4.84. The highest BCUT2D eigenvalue weighted by atomic mass is 16.3. The lowest BCUT2D eigenvalue weighted by atomic mass is 10.1. The Labute approximate surface area is 181 Å². The van der Waals surface area contributed by atoms with Crippen LogP contribution in [0, 0.1) is 0 Å². The Morgan fingerprint density at radius 2 is 1.94 bits per heavy atom. The molecule has 160 valence electrons. The fourth-order valence-electron chi connectivity index (χ4n) is 4.43. The second-order valence-electron chi connectivity index (χ2n) is 9.49. The zero-order chi connectivity index (χ0) is 21.8. The van der Waals surface area contributed by atoms with E-state index in [0.29, 0.717) is 11.6 Å². The number of pyridine rings is 2. The highest BCUT2D eigenvalue weighted by molar-refractivity contribution is 5.90. The number of hydrogen-bond acceptors (Lipinski definition) is 6. The van der Waals surface area contributed by atoms with Crippen LogP contribution >= 0.6 is 0 Å². The molecule has 1 saturated heterocycles. The Morgan fingerprint density at radius 3 is 2.74 bits per heavy atom. The molecule has 0 spiro atoms. The summed E-state index contributed by atoms with van der Waals surface area (Å²) in [7, 11) is 1.87. The van der Waals surface area contributed by atoms with Gasteiger partial charge in [-0.2, -0.15) is 5.10 Å². The lowest BCUT2D eigenvalue weighted by Gasteiger charge is -2.26. The van der Waals surface area contributed by atoms with Crippen LogP contribution in [0.15, 0.2) is 42.7 Å². The molecule has 0 aliphatic carbocycles. The van der Waals surface area contributed by atoms with E-state index in [1.54, 1.807) is 16.9 Å². The van der Waals surface area contributed by atoms with Crippen LogP contribution in [0.2, 0.25) is 0 Å². The maximum absolute atomic E-state index is 10.5. The minimum atomic E-state index is 0.113. The first-order chi connectivity index (χ1) is 14.7. The monoisotopic (exact) mass is 416 g/mol. The molecule has 1 aliphatic rings. The first-order valence-corrected chi connectivity index (χ1v) is 10.7. The van der Waals surface area contributed by atoms with Gasteiger partial charge in [-0.25, -0.2) is 4.98 Å². The molecule has 0 bridgehead atoms. The van der Waals surface area contributed by atoms with Gasteiger partial charge in [0, 0.05) is 60.3 Å². The summed E-state index contributed by atoms with van der Waals surface area (Å²) in [4.78, 5) is 11.8. The molecular formula is C24H28N6O. The Hall–Kier alpha value is -3.19. The molecule has 0 amide bonds. The smallest absolute Gasteiger partial charge is 0.129 e. The molecule has 7 nitrogen and oxygen atoms in total. The van der Waals surface area contributed by atoms with E-state index < -0.39 is 0 Å². The van der Waals surface area contributed by atoms with Crippen LogP contribution in [0.4, 0.5) is 5.82 Å². The minimum absolute atomic E-state index is 0.113. The fraction of sp³-hybridized carbons (Fsp3) is 0.375. The van der Waals surface area contributed by atoms with Crippen LogP contribution in [0.3, 0.4) is 0 Å². The highest BCUT2D eigenvalue weighted by Gasteiger charge is 2.26. The van der Waals surface area contributed by atoms with Gasteiger partial charge in [0.25, 0.3) is 0 Å². The number of benzene rings is 1. The van der Waals surface area contributed by atoms with Crippen LogP contribution in [0.25, 0.3) is 33.1 Å². The third kappa shape index (κ3) is 3.93. The first-order valence-electron chi connectivity index (χ1n) is 10.7. The summed E-state index contributed by atoms with van der Waals surface area (Å²) in [5.41, 5.74) is 3.15. The zero-order valence-corrected chi connectivity index (χ0v) is 18.4. The Kier molecular flexibility index (Phi) is 4.59. The maximum atomic E-state index is 10.5. The van der Waals surface area contributed by atoms with E-state index in [1.807, 2.05) is 25.4 Å². The van der Waals surface area contributed by atoms with Crippen molar-refractivity contribution < 1.29 is 5.11 Å². The number of anilines is 1. The van der Waals surface area contributed by atoms with Gasteiger partial charge < -0.3 is 15.3 Å². The topological polar surface area (TPSA) is 79.1 Å². The van der Waals surface area contributed by atoms with Crippen molar-refractivity contribution in [2.75, 3.05) is 18.0 Å². The minimum Gasteiger partial charge on any atom is -0.507 e. The number of fused-ring (bicyclic) bond motifs is 2. The number of phenolic OH excluding ortho intramolecular Hbond substituents is 1. The lowest BCUT2D eigenvalue weighted by molar-refractivity contribution is 0.373. The quantitative estimate of drug-likeness (QED) is 0.528. The predicted molar refractivity (Wildman–Crippen MR) is 124 cm³/mol. The summed E-state index contributed by atoms with van der Waals surface area (Å²) in [5.74, 6) is 1.16. The molecule has 5 rings (SSSR count). The standard InChI is InChI=1S/C24H28N6O/c1-24(2,3)27-17-7-8-30(14-17)23-6-5-15-10-20(25-12-21(15)26-23)18-9-16-13-29(4)28-19(16)11-22(18)31/h5-6,9-13,17,27,31H,7-8,14H2,1-4H3. The van der Waals surface area contributed by atoms with Gasteiger partial charge in [0.2, 0.25) is 0 Å². The number of hydrogen-bond donors (Lipinski definition) is 2. The third-order valence-electron chi connectivity index (χ3n) is 5.72. The second kappa shape index (κ2) is 7.20. The summed E-state index contributed by atoms with van der Waals surface area (Å²) in [6, 6.07) is 10.2. The van der Waals surface area contributed by atoms with Gasteiger partial charge >= 0.3 is 0 Å². The van der Waals surface area contributed by atoms with Crippen LogP contribution in [-0.2, 0) is 7.05 Å². The van der Waals surface area contributed by atoms with E-state index in [-0.39, 0.29) is 11.3 Å². The molecule has 1 fully saturated rings. The van der Waals surface area contributed by atoms with Gasteiger partial charge in [-0.1, -0.05) is 0 Å². The van der Waals surface area contributed by atoms with E-state index in [0.717, 1.165) is 52.8 Å². The summed E-state index contributed by atoms with van der Waals surface area (Å²) >= 11 is 0. The van der Waals surface area contributed by atoms with Gasteiger partial charge in [0.05, 0.1) is 22.9 Å². The zero-order valence-electron chi connectivity index (χ0n) is 18.4. The molecule has 0 radical (unpaired) electrons. The normalized spacial score (nSPS) is 17.2. The summed E-state index contributed by atoms with van der Waals surface area (Å²) in [6.45, 7) is 8.57. The average molecular weight is 417 g/mol. The summed E-state index contributed by atoms with van der Waals surface area (Å²) < 4.78 is 1.74. The molecule has 1 atom stereocenters. The molecule has 1 unspecified atom stereocenters. The molecule has 4 aromatic rings. The second-order valence-corrected chi connectivity index (χ2v) is 9.49. The van der Waals surface area contributed by atoms with Crippen molar-refractivity contribution in [3.63, 3.8) is 0 Å². The number of nitrogens with one attached hydrogen (secondary N) is 1. The van der Waals surface area contributed by atoms with Crippen molar-refractivity contribution in [1.82, 2.24) is 25.1 Å². The van der Waals surface area contributed by atoms with Crippen molar-refractivity contribution in [3.8, 4) is 17.0 Å². The van der Waals surface area contributed by atoms with Crippen LogP contribution in [0.1, 0.15) is 27.2 Å². The third-order valence-corrected chi connectivity index (χ3v) is 5.72. The molecule has 3 aromatic heterocycles. The highest BCUT2D eigenvalue weighted by Crippen LogP contribution is 2.33. The van der Waals surface area contributed by atoms with Gasteiger partial charge in [0.15, 0.2) is 0 Å². The van der Waals surface area contributed by atoms with Gasteiger partial charge in [-0.15, -0.1) is 0 Å². The molecule has 31 heavy (non-hydrogen) atoms. The van der Waals surface area contributed by atoms with Crippen molar-refractivity contribution in [1.29, 1.82) is 0 Å². The number of phenols is 1. The molecular weight excluding hydrogens is 388 g/mol. The number of rotatable bonds is 3. The molecule has 4 heterocycles. The average Bonchev–Trinajstić information content (AvgIpc) is 3.30. The van der Waals surface area contributed by atoms with Crippen LogP contribution in [-0.4, -0.2) is 49.5 Å². The number of nitrogens with zero attached hydrogens (tertiary/aromatic N) is 5. The molecule has 7 heteroatoms. The molecule has 1 aliphatic heterocycles. The predicted octanol–water partition coefficient (Wildman–Crippen LogP) is 3.86. The first kappa shape index (κ1) is 19.8. The van der Waals surface area contributed by atoms with E-state index in [9.17, 15) is 5.11 Å². The van der Waals surface area contributed by atoms with Gasteiger partial charge in [-0.3, -0.25) is 9.67 Å². The van der Waals surface area contributed by atoms with Crippen molar-refractivity contribution in [2.45, 2.75) is 38.8 Å². The maximum Gasteiger partial charge on any atom is 0.129 e. The van der Waals surface area contributed by atoms with Crippen molar-refractivity contribution in [3.05, 3.63) is 42.7 Å². The SMILES string of the molecule is Cn1cc2cc(-c3cc4ccc(N5CCC(NC(C)(C)C)C5)nc4cn3)c(O)cc2n1. The van der Waals surface area contributed by atoms with Gasteiger partial charge in [0.1, 0.15) is 11.6 Å². The van der Waals surface area contributed by atoms with Crippen molar-refractivity contribution in [2.24, 2.45) is 7.05 Å². The fourth-order valence-corrected chi connectivity index (χ4v) is 4.43. The Bertz CT molecular complexity index is 1270. The van der Waals surface area contributed by atoms with E-state index in [2.05, 4.69) is 53.2 Å².